The third-order valence-corrected chi connectivity index (χ3v) is 2.61. The molecule has 0 aromatic heterocycles. The fourth-order valence-corrected chi connectivity index (χ4v) is 1.84. The number of rotatable bonds is 7. The van der Waals surface area contributed by atoms with Gasteiger partial charge in [-0.05, 0) is 26.7 Å². The number of hydrogen-bond acceptors (Lipinski definition) is 4. The van der Waals surface area contributed by atoms with E-state index in [1.165, 1.54) is 12.1 Å². The molecule has 0 bridgehead atoms. The molecule has 0 unspecified atom stereocenters. The SMILES string of the molecule is CC(C)ON=CCCCOc1c(Cl)cc(O)cc1Cl. The Hall–Kier alpha value is -1.13. The van der Waals surface area contributed by atoms with E-state index in [0.29, 0.717) is 22.4 Å². The lowest BCUT2D eigenvalue weighted by Crippen LogP contribution is -2.00. The first-order valence-electron chi connectivity index (χ1n) is 5.99. The van der Waals surface area contributed by atoms with Crippen LogP contribution in [0.4, 0.5) is 0 Å². The van der Waals surface area contributed by atoms with Gasteiger partial charge in [0, 0.05) is 18.3 Å². The van der Waals surface area contributed by atoms with E-state index in [-0.39, 0.29) is 11.9 Å². The Bertz CT molecular complexity index is 413. The Kier molecular flexibility index (Phi) is 6.81. The molecule has 1 aromatic rings. The number of phenols is 1. The highest BCUT2D eigenvalue weighted by atomic mass is 35.5. The highest BCUT2D eigenvalue weighted by molar-refractivity contribution is 6.37. The van der Waals surface area contributed by atoms with Gasteiger partial charge in [0.15, 0.2) is 5.75 Å². The number of phenolic OH excluding ortho intramolecular Hbond substituents is 1. The van der Waals surface area contributed by atoms with Gasteiger partial charge in [-0.1, -0.05) is 28.4 Å². The summed E-state index contributed by atoms with van der Waals surface area (Å²) in [5.74, 6) is 0.400. The molecule has 0 radical (unpaired) electrons. The molecule has 0 aliphatic heterocycles. The van der Waals surface area contributed by atoms with Crippen molar-refractivity contribution in [3.63, 3.8) is 0 Å². The number of oxime groups is 1. The van der Waals surface area contributed by atoms with Gasteiger partial charge >= 0.3 is 0 Å². The van der Waals surface area contributed by atoms with Crippen molar-refractivity contribution in [2.45, 2.75) is 32.8 Å². The largest absolute Gasteiger partial charge is 0.508 e. The standard InChI is InChI=1S/C13H17Cl2NO3/c1-9(2)19-16-5-3-4-6-18-13-11(14)7-10(17)8-12(13)15/h5,7-9,17H,3-4,6H2,1-2H3. The average Bonchev–Trinajstić information content (AvgIpc) is 2.30. The highest BCUT2D eigenvalue weighted by Crippen LogP contribution is 2.36. The molecule has 4 nitrogen and oxygen atoms in total. The van der Waals surface area contributed by atoms with E-state index in [0.717, 1.165) is 12.8 Å². The van der Waals surface area contributed by atoms with Crippen LogP contribution in [0.1, 0.15) is 26.7 Å². The summed E-state index contributed by atoms with van der Waals surface area (Å²) < 4.78 is 5.47. The molecule has 1 rings (SSSR count). The number of ether oxygens (including phenoxy) is 1. The number of aromatic hydroxyl groups is 1. The summed E-state index contributed by atoms with van der Waals surface area (Å²) in [4.78, 5) is 5.02. The monoisotopic (exact) mass is 305 g/mol. The summed E-state index contributed by atoms with van der Waals surface area (Å²) in [7, 11) is 0. The molecule has 106 valence electrons. The summed E-state index contributed by atoms with van der Waals surface area (Å²) in [5.41, 5.74) is 0. The molecule has 6 heteroatoms. The molecule has 0 amide bonds. The van der Waals surface area contributed by atoms with Gasteiger partial charge in [0.1, 0.15) is 11.9 Å². The second-order valence-corrected chi connectivity index (χ2v) is 4.99. The first kappa shape index (κ1) is 15.9. The maximum absolute atomic E-state index is 9.28. The van der Waals surface area contributed by atoms with Crippen molar-refractivity contribution in [1.29, 1.82) is 0 Å². The van der Waals surface area contributed by atoms with Crippen molar-refractivity contribution in [2.24, 2.45) is 5.16 Å². The fraction of sp³-hybridized carbons (Fsp3) is 0.462. The van der Waals surface area contributed by atoms with Crippen molar-refractivity contribution in [3.05, 3.63) is 22.2 Å². The zero-order chi connectivity index (χ0) is 14.3. The smallest absolute Gasteiger partial charge is 0.156 e. The van der Waals surface area contributed by atoms with Gasteiger partial charge in [-0.25, -0.2) is 0 Å². The normalized spacial score (nSPS) is 11.2. The zero-order valence-corrected chi connectivity index (χ0v) is 12.4. The van der Waals surface area contributed by atoms with Crippen molar-refractivity contribution in [3.8, 4) is 11.5 Å². The van der Waals surface area contributed by atoms with E-state index in [1.54, 1.807) is 6.21 Å². The molecular weight excluding hydrogens is 289 g/mol. The van der Waals surface area contributed by atoms with Crippen LogP contribution in [-0.4, -0.2) is 24.0 Å². The summed E-state index contributed by atoms with van der Waals surface area (Å²) in [5, 5.41) is 13.7. The Morgan fingerprint density at radius 2 is 1.95 bits per heavy atom. The predicted molar refractivity (Wildman–Crippen MR) is 77.6 cm³/mol. The average molecular weight is 306 g/mol. The number of halogens is 2. The van der Waals surface area contributed by atoms with Crippen LogP contribution in [-0.2, 0) is 4.84 Å². The van der Waals surface area contributed by atoms with E-state index >= 15 is 0 Å². The molecular formula is C13H17Cl2NO3. The zero-order valence-electron chi connectivity index (χ0n) is 10.9. The van der Waals surface area contributed by atoms with Gasteiger partial charge in [-0.15, -0.1) is 0 Å². The van der Waals surface area contributed by atoms with Crippen molar-refractivity contribution in [1.82, 2.24) is 0 Å². The number of unbranched alkanes of at least 4 members (excludes halogenated alkanes) is 1. The van der Waals surface area contributed by atoms with Gasteiger partial charge in [0.25, 0.3) is 0 Å². The third-order valence-electron chi connectivity index (χ3n) is 2.05. The molecule has 0 atom stereocenters. The minimum absolute atomic E-state index is 0.0142. The molecule has 1 N–H and O–H groups in total. The first-order valence-corrected chi connectivity index (χ1v) is 6.74. The molecule has 0 saturated heterocycles. The maximum atomic E-state index is 9.28. The van der Waals surface area contributed by atoms with Gasteiger partial charge in [0.2, 0.25) is 0 Å². The summed E-state index contributed by atoms with van der Waals surface area (Å²) >= 11 is 11.8. The van der Waals surface area contributed by atoms with Gasteiger partial charge in [-0.2, -0.15) is 0 Å². The van der Waals surface area contributed by atoms with Gasteiger partial charge < -0.3 is 14.7 Å². The second kappa shape index (κ2) is 8.12. The lowest BCUT2D eigenvalue weighted by Gasteiger charge is -2.09. The summed E-state index contributed by atoms with van der Waals surface area (Å²) in [6, 6.07) is 2.78. The van der Waals surface area contributed by atoms with E-state index in [9.17, 15) is 5.11 Å². The summed E-state index contributed by atoms with van der Waals surface area (Å²) in [6.45, 7) is 4.28. The van der Waals surface area contributed by atoms with E-state index in [1.807, 2.05) is 13.8 Å². The topological polar surface area (TPSA) is 51.0 Å². The first-order chi connectivity index (χ1) is 9.00. The van der Waals surface area contributed by atoms with E-state index in [2.05, 4.69) is 5.16 Å². The molecule has 0 aliphatic carbocycles. The Morgan fingerprint density at radius 1 is 1.32 bits per heavy atom. The Balaban J connectivity index is 2.32. The molecule has 0 heterocycles. The number of benzene rings is 1. The quantitative estimate of drug-likeness (QED) is 0.465. The maximum Gasteiger partial charge on any atom is 0.156 e. The molecule has 0 spiro atoms. The van der Waals surface area contributed by atoms with Crippen LogP contribution in [0.3, 0.4) is 0 Å². The lowest BCUT2D eigenvalue weighted by molar-refractivity contribution is 0.0867. The Labute approximate surface area is 122 Å². The van der Waals surface area contributed by atoms with Crippen molar-refractivity contribution in [2.75, 3.05) is 6.61 Å². The predicted octanol–water partition coefficient (Wildman–Crippen LogP) is 4.27. The van der Waals surface area contributed by atoms with Crippen LogP contribution in [0, 0.1) is 0 Å². The van der Waals surface area contributed by atoms with Crippen LogP contribution < -0.4 is 4.74 Å². The molecule has 19 heavy (non-hydrogen) atoms. The number of nitrogens with zero attached hydrogens (tertiary/aromatic N) is 1. The van der Waals surface area contributed by atoms with Crippen molar-refractivity contribution >= 4 is 29.4 Å². The van der Waals surface area contributed by atoms with Crippen molar-refractivity contribution < 1.29 is 14.7 Å². The van der Waals surface area contributed by atoms with Gasteiger partial charge in [-0.3, -0.25) is 0 Å². The minimum atomic E-state index is 0.0142. The highest BCUT2D eigenvalue weighted by Gasteiger charge is 2.08. The van der Waals surface area contributed by atoms with Crippen LogP contribution in [0.2, 0.25) is 10.0 Å². The van der Waals surface area contributed by atoms with Crippen LogP contribution in [0.15, 0.2) is 17.3 Å². The Morgan fingerprint density at radius 3 is 2.53 bits per heavy atom. The minimum Gasteiger partial charge on any atom is -0.508 e. The lowest BCUT2D eigenvalue weighted by atomic mass is 10.3. The van der Waals surface area contributed by atoms with Gasteiger partial charge in [0.05, 0.1) is 16.7 Å². The third kappa shape index (κ3) is 6.03. The fourth-order valence-electron chi connectivity index (χ4n) is 1.25. The molecule has 1 aromatic carbocycles. The second-order valence-electron chi connectivity index (χ2n) is 4.17. The summed E-state index contributed by atoms with van der Waals surface area (Å²) in [6.07, 6.45) is 3.28. The molecule has 0 aliphatic rings. The van der Waals surface area contributed by atoms with Crippen LogP contribution in [0.5, 0.6) is 11.5 Å². The molecule has 0 fully saturated rings. The van der Waals surface area contributed by atoms with Crippen LogP contribution in [0.25, 0.3) is 0 Å². The van der Waals surface area contributed by atoms with Crippen LogP contribution >= 0.6 is 23.2 Å². The van der Waals surface area contributed by atoms with E-state index < -0.39 is 0 Å². The van der Waals surface area contributed by atoms with E-state index in [4.69, 9.17) is 32.8 Å². The molecule has 0 saturated carbocycles. The number of hydrogen-bond donors (Lipinski definition) is 1.